The molecule has 2 unspecified atom stereocenters. The summed E-state index contributed by atoms with van der Waals surface area (Å²) in [6.07, 6.45) is 2.47. The number of nitrogens with one attached hydrogen (secondary N) is 1. The lowest BCUT2D eigenvalue weighted by molar-refractivity contribution is -0.134. The van der Waals surface area contributed by atoms with Gasteiger partial charge in [-0.15, -0.1) is 11.3 Å². The highest BCUT2D eigenvalue weighted by molar-refractivity contribution is 7.20. The van der Waals surface area contributed by atoms with E-state index in [1.165, 1.54) is 32.2 Å². The first-order valence-electron chi connectivity index (χ1n) is 12.0. The van der Waals surface area contributed by atoms with Crippen LogP contribution in [0.2, 0.25) is 0 Å². The number of aromatic nitrogens is 2. The zero-order valence-electron chi connectivity index (χ0n) is 21.9. The van der Waals surface area contributed by atoms with Crippen LogP contribution in [0.15, 0.2) is 23.3 Å². The Bertz CT molecular complexity index is 1360. The SMILES string of the molecule is COc1cc(NC(=O)c2sc3ncn(CC(=O)N4CC(C)CC(C)C4)c(=O)c3c2C)cc(OC)c1OC. The van der Waals surface area contributed by atoms with Gasteiger partial charge in [-0.1, -0.05) is 13.8 Å². The first-order valence-corrected chi connectivity index (χ1v) is 12.9. The summed E-state index contributed by atoms with van der Waals surface area (Å²) in [4.78, 5) is 46.5. The normalized spacial score (nSPS) is 17.5. The van der Waals surface area contributed by atoms with E-state index in [-0.39, 0.29) is 18.0 Å². The smallest absolute Gasteiger partial charge is 0.266 e. The summed E-state index contributed by atoms with van der Waals surface area (Å²) in [6, 6.07) is 3.25. The number of thiophene rings is 1. The summed E-state index contributed by atoms with van der Waals surface area (Å²) in [5.74, 6) is 1.57. The minimum atomic E-state index is -0.395. The summed E-state index contributed by atoms with van der Waals surface area (Å²) in [6.45, 7) is 7.28. The standard InChI is InChI=1S/C26H32N4O6S/c1-14-7-15(2)11-29(10-14)20(31)12-30-13-27-25-21(26(30)33)16(3)23(37-25)24(32)28-17-8-18(34-4)22(36-6)19(9-17)35-5/h8-9,13-15H,7,10-12H2,1-6H3,(H,28,32). The molecule has 2 amide bonds. The van der Waals surface area contributed by atoms with Crippen molar-refractivity contribution in [2.24, 2.45) is 11.8 Å². The number of nitrogens with zero attached hydrogens (tertiary/aromatic N) is 3. The molecule has 1 N–H and O–H groups in total. The van der Waals surface area contributed by atoms with Crippen LogP contribution in [0.5, 0.6) is 17.2 Å². The lowest BCUT2D eigenvalue weighted by atomic mass is 9.92. The average Bonchev–Trinajstić information content (AvgIpc) is 3.21. The fraction of sp³-hybridized carbons (Fsp3) is 0.462. The summed E-state index contributed by atoms with van der Waals surface area (Å²) < 4.78 is 17.4. The Morgan fingerprint density at radius 2 is 1.70 bits per heavy atom. The van der Waals surface area contributed by atoms with Gasteiger partial charge in [0.1, 0.15) is 11.4 Å². The molecule has 2 atom stereocenters. The molecule has 0 bridgehead atoms. The molecule has 4 rings (SSSR count). The van der Waals surface area contributed by atoms with Crippen molar-refractivity contribution in [1.82, 2.24) is 14.5 Å². The van der Waals surface area contributed by atoms with Crippen molar-refractivity contribution in [2.45, 2.75) is 33.7 Å². The molecule has 1 aliphatic rings. The Hall–Kier alpha value is -3.60. The highest BCUT2D eigenvalue weighted by atomic mass is 32.1. The maximum atomic E-state index is 13.3. The van der Waals surface area contributed by atoms with Gasteiger partial charge in [-0.3, -0.25) is 19.0 Å². The molecule has 1 fully saturated rings. The van der Waals surface area contributed by atoms with E-state index in [9.17, 15) is 14.4 Å². The molecular formula is C26H32N4O6S. The number of methoxy groups -OCH3 is 3. The number of anilines is 1. The number of benzene rings is 1. The van der Waals surface area contributed by atoms with Gasteiger partial charge in [-0.25, -0.2) is 4.98 Å². The number of hydrogen-bond donors (Lipinski definition) is 1. The van der Waals surface area contributed by atoms with E-state index in [0.717, 1.165) is 17.8 Å². The van der Waals surface area contributed by atoms with E-state index in [2.05, 4.69) is 24.1 Å². The maximum absolute atomic E-state index is 13.3. The summed E-state index contributed by atoms with van der Waals surface area (Å²) in [7, 11) is 4.49. The lowest BCUT2D eigenvalue weighted by Crippen LogP contribution is -2.44. The molecule has 37 heavy (non-hydrogen) atoms. The van der Waals surface area contributed by atoms with Crippen LogP contribution in [0, 0.1) is 18.8 Å². The van der Waals surface area contributed by atoms with Crippen LogP contribution < -0.4 is 25.1 Å². The van der Waals surface area contributed by atoms with Crippen LogP contribution in [0.25, 0.3) is 10.2 Å². The monoisotopic (exact) mass is 528 g/mol. The number of carbonyl (C=O) groups is 2. The predicted molar refractivity (Wildman–Crippen MR) is 142 cm³/mol. The highest BCUT2D eigenvalue weighted by Crippen LogP contribution is 2.40. The minimum Gasteiger partial charge on any atom is -0.493 e. The van der Waals surface area contributed by atoms with Gasteiger partial charge < -0.3 is 24.4 Å². The van der Waals surface area contributed by atoms with Gasteiger partial charge in [0.2, 0.25) is 11.7 Å². The molecule has 198 valence electrons. The van der Waals surface area contributed by atoms with Crippen molar-refractivity contribution in [3.8, 4) is 17.2 Å². The Morgan fingerprint density at radius 1 is 1.08 bits per heavy atom. The van der Waals surface area contributed by atoms with E-state index in [1.807, 2.05) is 4.90 Å². The zero-order valence-corrected chi connectivity index (χ0v) is 22.7. The third-order valence-corrected chi connectivity index (χ3v) is 7.77. The van der Waals surface area contributed by atoms with Crippen molar-refractivity contribution >= 4 is 39.1 Å². The first kappa shape index (κ1) is 26.5. The van der Waals surface area contributed by atoms with Gasteiger partial charge in [0.25, 0.3) is 11.5 Å². The van der Waals surface area contributed by atoms with E-state index >= 15 is 0 Å². The van der Waals surface area contributed by atoms with Crippen molar-refractivity contribution in [3.05, 3.63) is 39.3 Å². The maximum Gasteiger partial charge on any atom is 0.266 e. The molecular weight excluding hydrogens is 496 g/mol. The Labute approximate surface area is 219 Å². The third kappa shape index (κ3) is 5.27. The number of likely N-dealkylation sites (tertiary alicyclic amines) is 1. The lowest BCUT2D eigenvalue weighted by Gasteiger charge is -2.35. The minimum absolute atomic E-state index is 0.0799. The molecule has 0 radical (unpaired) electrons. The Balaban J connectivity index is 1.60. The summed E-state index contributed by atoms with van der Waals surface area (Å²) >= 11 is 1.13. The van der Waals surface area contributed by atoms with Crippen LogP contribution in [0.3, 0.4) is 0 Å². The second-order valence-electron chi connectivity index (χ2n) is 9.53. The number of piperidine rings is 1. The highest BCUT2D eigenvalue weighted by Gasteiger charge is 2.26. The Kier molecular flexibility index (Phi) is 7.72. The largest absolute Gasteiger partial charge is 0.493 e. The fourth-order valence-corrected chi connectivity index (χ4v) is 5.98. The van der Waals surface area contributed by atoms with Crippen molar-refractivity contribution in [2.75, 3.05) is 39.7 Å². The molecule has 11 heteroatoms. The van der Waals surface area contributed by atoms with E-state index in [0.29, 0.717) is 68.5 Å². The topological polar surface area (TPSA) is 112 Å². The second-order valence-corrected chi connectivity index (χ2v) is 10.5. The van der Waals surface area contributed by atoms with Gasteiger partial charge in [-0.05, 0) is 30.7 Å². The molecule has 0 saturated carbocycles. The van der Waals surface area contributed by atoms with Gasteiger partial charge >= 0.3 is 0 Å². The fourth-order valence-electron chi connectivity index (χ4n) is 4.94. The van der Waals surface area contributed by atoms with Crippen LogP contribution in [0.4, 0.5) is 5.69 Å². The number of aryl methyl sites for hydroxylation is 1. The van der Waals surface area contributed by atoms with Crippen molar-refractivity contribution in [1.29, 1.82) is 0 Å². The molecule has 10 nitrogen and oxygen atoms in total. The number of amides is 2. The molecule has 1 aromatic carbocycles. The number of carbonyl (C=O) groups excluding carboxylic acids is 2. The van der Waals surface area contributed by atoms with Gasteiger partial charge in [0, 0.05) is 30.9 Å². The van der Waals surface area contributed by atoms with Gasteiger partial charge in [-0.2, -0.15) is 0 Å². The summed E-state index contributed by atoms with van der Waals surface area (Å²) in [5, 5.41) is 3.18. The first-order chi connectivity index (χ1) is 17.7. The summed E-state index contributed by atoms with van der Waals surface area (Å²) in [5.41, 5.74) is 0.624. The molecule has 1 aliphatic heterocycles. The van der Waals surface area contributed by atoms with Gasteiger partial charge in [0.15, 0.2) is 11.5 Å². The average molecular weight is 529 g/mol. The molecule has 3 aromatic rings. The van der Waals surface area contributed by atoms with E-state index in [4.69, 9.17) is 14.2 Å². The van der Waals surface area contributed by atoms with Crippen molar-refractivity contribution < 1.29 is 23.8 Å². The number of ether oxygens (including phenoxy) is 3. The predicted octanol–water partition coefficient (Wildman–Crippen LogP) is 3.55. The molecule has 0 spiro atoms. The molecule has 2 aromatic heterocycles. The van der Waals surface area contributed by atoms with E-state index in [1.54, 1.807) is 19.1 Å². The van der Waals surface area contributed by atoms with Crippen molar-refractivity contribution in [3.63, 3.8) is 0 Å². The second kappa shape index (κ2) is 10.8. The van der Waals surface area contributed by atoms with Crippen LogP contribution in [0.1, 0.15) is 35.5 Å². The van der Waals surface area contributed by atoms with Crippen LogP contribution in [-0.2, 0) is 11.3 Å². The molecule has 0 aliphatic carbocycles. The van der Waals surface area contributed by atoms with Gasteiger partial charge in [0.05, 0.1) is 37.9 Å². The molecule has 1 saturated heterocycles. The quantitative estimate of drug-likeness (QED) is 0.499. The van der Waals surface area contributed by atoms with Crippen LogP contribution >= 0.6 is 11.3 Å². The number of rotatable bonds is 7. The number of fused-ring (bicyclic) bond motifs is 1. The Morgan fingerprint density at radius 3 is 2.27 bits per heavy atom. The number of hydrogen-bond acceptors (Lipinski definition) is 8. The third-order valence-electron chi connectivity index (χ3n) is 6.57. The van der Waals surface area contributed by atoms with Crippen LogP contribution in [-0.4, -0.2) is 60.7 Å². The van der Waals surface area contributed by atoms with E-state index < -0.39 is 5.91 Å². The molecule has 3 heterocycles. The zero-order chi connectivity index (χ0) is 26.9.